The highest BCUT2D eigenvalue weighted by Gasteiger charge is 2.23. The van der Waals surface area contributed by atoms with Crippen LogP contribution in [0.25, 0.3) is 0 Å². The second-order valence-electron chi connectivity index (χ2n) is 6.24. The van der Waals surface area contributed by atoms with Crippen LogP contribution in [0, 0.1) is 0 Å². The number of sulfonamides is 1. The van der Waals surface area contributed by atoms with E-state index in [9.17, 15) is 8.42 Å². The first kappa shape index (κ1) is 20.8. The lowest BCUT2D eigenvalue weighted by Gasteiger charge is -2.35. The molecule has 1 saturated heterocycles. The van der Waals surface area contributed by atoms with Crippen molar-refractivity contribution in [3.63, 3.8) is 0 Å². The third-order valence-electron chi connectivity index (χ3n) is 4.66. The fourth-order valence-corrected chi connectivity index (χ4v) is 5.17. The molecule has 1 atom stereocenters. The first-order valence-electron chi connectivity index (χ1n) is 8.66. The Morgan fingerprint density at radius 2 is 2.04 bits per heavy atom. The van der Waals surface area contributed by atoms with E-state index in [1.807, 2.05) is 0 Å². The maximum atomic E-state index is 12.5. The average Bonchev–Trinajstić information content (AvgIpc) is 2.61. The highest BCUT2D eigenvalue weighted by molar-refractivity contribution is 7.89. The largest absolute Gasteiger partial charge is 0.495 e. The standard InChI is InChI=1S/C17H26Cl2N2O3S/c1-3-13-7-4-5-11-21(13)12-6-10-20-25(22,23)15-9-8-14(24-2)16(18)17(15)19/h8-9,13,20H,3-7,10-12H2,1-2H3/t13-/m1/s1. The Morgan fingerprint density at radius 1 is 1.28 bits per heavy atom. The van der Waals surface area contributed by atoms with E-state index in [1.54, 1.807) is 0 Å². The van der Waals surface area contributed by atoms with E-state index in [4.69, 9.17) is 27.9 Å². The van der Waals surface area contributed by atoms with Crippen LogP contribution in [0.4, 0.5) is 0 Å². The van der Waals surface area contributed by atoms with Crippen LogP contribution in [0.2, 0.25) is 10.0 Å². The van der Waals surface area contributed by atoms with Gasteiger partial charge in [0.15, 0.2) is 0 Å². The van der Waals surface area contributed by atoms with E-state index in [0.29, 0.717) is 18.3 Å². The molecule has 2 rings (SSSR count). The Kier molecular flexibility index (Phi) is 7.83. The number of nitrogens with one attached hydrogen (secondary N) is 1. The second kappa shape index (κ2) is 9.42. The molecule has 1 N–H and O–H groups in total. The summed E-state index contributed by atoms with van der Waals surface area (Å²) in [5.41, 5.74) is 0. The number of hydrogen-bond acceptors (Lipinski definition) is 4. The number of nitrogens with zero attached hydrogens (tertiary/aromatic N) is 1. The summed E-state index contributed by atoms with van der Waals surface area (Å²) < 4.78 is 32.6. The van der Waals surface area contributed by atoms with E-state index >= 15 is 0 Å². The highest BCUT2D eigenvalue weighted by Crippen LogP contribution is 2.36. The minimum Gasteiger partial charge on any atom is -0.495 e. The number of methoxy groups -OCH3 is 1. The molecule has 25 heavy (non-hydrogen) atoms. The van der Waals surface area contributed by atoms with Gasteiger partial charge >= 0.3 is 0 Å². The summed E-state index contributed by atoms with van der Waals surface area (Å²) >= 11 is 12.1. The molecule has 1 aromatic carbocycles. The van der Waals surface area contributed by atoms with E-state index in [2.05, 4.69) is 16.5 Å². The van der Waals surface area contributed by atoms with Crippen LogP contribution in [0.15, 0.2) is 17.0 Å². The topological polar surface area (TPSA) is 58.6 Å². The number of halogens is 2. The summed E-state index contributed by atoms with van der Waals surface area (Å²) in [5.74, 6) is 0.348. The van der Waals surface area contributed by atoms with Gasteiger partial charge in [0.25, 0.3) is 0 Å². The number of hydrogen-bond donors (Lipinski definition) is 1. The zero-order valence-corrected chi connectivity index (χ0v) is 17.1. The number of piperidine rings is 1. The van der Waals surface area contributed by atoms with Crippen molar-refractivity contribution in [1.82, 2.24) is 9.62 Å². The highest BCUT2D eigenvalue weighted by atomic mass is 35.5. The van der Waals surface area contributed by atoms with Crippen molar-refractivity contribution in [3.05, 3.63) is 22.2 Å². The minimum atomic E-state index is -3.70. The molecule has 0 bridgehead atoms. The lowest BCUT2D eigenvalue weighted by molar-refractivity contribution is 0.143. The summed E-state index contributed by atoms with van der Waals surface area (Å²) in [5, 5.41) is 0.0849. The second-order valence-corrected chi connectivity index (χ2v) is 8.73. The molecule has 1 aliphatic rings. The lowest BCUT2D eigenvalue weighted by atomic mass is 10.00. The zero-order chi connectivity index (χ0) is 18.4. The first-order chi connectivity index (χ1) is 11.9. The zero-order valence-electron chi connectivity index (χ0n) is 14.7. The molecular weight excluding hydrogens is 383 g/mol. The van der Waals surface area contributed by atoms with E-state index in [1.165, 1.54) is 38.5 Å². The van der Waals surface area contributed by atoms with Gasteiger partial charge in [0.05, 0.1) is 12.1 Å². The molecule has 0 spiro atoms. The summed E-state index contributed by atoms with van der Waals surface area (Å²) in [6.07, 6.45) is 5.66. The number of benzene rings is 1. The Hall–Kier alpha value is -0.530. The number of ether oxygens (including phenoxy) is 1. The molecule has 1 aliphatic heterocycles. The summed E-state index contributed by atoms with van der Waals surface area (Å²) in [6.45, 7) is 4.58. The van der Waals surface area contributed by atoms with Gasteiger partial charge in [-0.3, -0.25) is 0 Å². The lowest BCUT2D eigenvalue weighted by Crippen LogP contribution is -2.40. The number of rotatable bonds is 8. The van der Waals surface area contributed by atoms with Crippen molar-refractivity contribution in [2.45, 2.75) is 50.0 Å². The Morgan fingerprint density at radius 3 is 2.72 bits per heavy atom. The predicted molar refractivity (Wildman–Crippen MR) is 102 cm³/mol. The molecule has 0 saturated carbocycles. The maximum absolute atomic E-state index is 12.5. The van der Waals surface area contributed by atoms with Gasteiger partial charge in [0.2, 0.25) is 10.0 Å². The van der Waals surface area contributed by atoms with Crippen molar-refractivity contribution < 1.29 is 13.2 Å². The first-order valence-corrected chi connectivity index (χ1v) is 10.9. The van der Waals surface area contributed by atoms with Crippen LogP contribution in [-0.4, -0.2) is 46.1 Å². The van der Waals surface area contributed by atoms with Gasteiger partial charge in [0.1, 0.15) is 15.7 Å². The Labute approximate surface area is 160 Å². The quantitative estimate of drug-likeness (QED) is 0.661. The molecule has 1 fully saturated rings. The van der Waals surface area contributed by atoms with Crippen molar-refractivity contribution in [2.24, 2.45) is 0 Å². The Bertz CT molecular complexity index is 683. The van der Waals surface area contributed by atoms with Crippen LogP contribution < -0.4 is 9.46 Å². The van der Waals surface area contributed by atoms with Crippen LogP contribution >= 0.6 is 23.2 Å². The van der Waals surface area contributed by atoms with Gasteiger partial charge in [-0.1, -0.05) is 36.5 Å². The van der Waals surface area contributed by atoms with Crippen molar-refractivity contribution in [2.75, 3.05) is 26.7 Å². The predicted octanol–water partition coefficient (Wildman–Crippen LogP) is 3.93. The molecule has 0 unspecified atom stereocenters. The van der Waals surface area contributed by atoms with Crippen molar-refractivity contribution >= 4 is 33.2 Å². The summed E-state index contributed by atoms with van der Waals surface area (Å²) in [7, 11) is -2.25. The van der Waals surface area contributed by atoms with Gasteiger partial charge in [-0.15, -0.1) is 0 Å². The average molecular weight is 409 g/mol. The molecule has 0 aromatic heterocycles. The molecular formula is C17H26Cl2N2O3S. The molecule has 0 radical (unpaired) electrons. The van der Waals surface area contributed by atoms with Gasteiger partial charge in [-0.25, -0.2) is 13.1 Å². The molecule has 8 heteroatoms. The van der Waals surface area contributed by atoms with Crippen LogP contribution in [0.3, 0.4) is 0 Å². The maximum Gasteiger partial charge on any atom is 0.242 e. The van der Waals surface area contributed by atoms with Crippen LogP contribution in [0.5, 0.6) is 5.75 Å². The third kappa shape index (κ3) is 5.23. The summed E-state index contributed by atoms with van der Waals surface area (Å²) in [4.78, 5) is 2.44. The molecule has 5 nitrogen and oxygen atoms in total. The van der Waals surface area contributed by atoms with Crippen LogP contribution in [0.1, 0.15) is 39.0 Å². The normalized spacial score (nSPS) is 19.1. The summed E-state index contributed by atoms with van der Waals surface area (Å²) in [6, 6.07) is 3.54. The molecule has 0 aliphatic carbocycles. The molecule has 1 heterocycles. The van der Waals surface area contributed by atoms with Crippen LogP contribution in [-0.2, 0) is 10.0 Å². The van der Waals surface area contributed by atoms with Crippen molar-refractivity contribution in [1.29, 1.82) is 0 Å². The monoisotopic (exact) mass is 408 g/mol. The fraction of sp³-hybridized carbons (Fsp3) is 0.647. The minimum absolute atomic E-state index is 0.0180. The molecule has 0 amide bonds. The van der Waals surface area contributed by atoms with Gasteiger partial charge in [-0.2, -0.15) is 0 Å². The van der Waals surface area contributed by atoms with E-state index in [0.717, 1.165) is 25.9 Å². The molecule has 1 aromatic rings. The molecule has 142 valence electrons. The van der Waals surface area contributed by atoms with E-state index in [-0.39, 0.29) is 14.9 Å². The van der Waals surface area contributed by atoms with Crippen molar-refractivity contribution in [3.8, 4) is 5.75 Å². The van der Waals surface area contributed by atoms with Gasteiger partial charge in [0, 0.05) is 12.6 Å². The SMILES string of the molecule is CC[C@@H]1CCCCN1CCCNS(=O)(=O)c1ccc(OC)c(Cl)c1Cl. The van der Waals surface area contributed by atoms with Gasteiger partial charge in [-0.05, 0) is 50.9 Å². The van der Waals surface area contributed by atoms with E-state index < -0.39 is 10.0 Å². The Balaban J connectivity index is 1.92. The number of likely N-dealkylation sites (tertiary alicyclic amines) is 1. The third-order valence-corrected chi connectivity index (χ3v) is 7.14. The smallest absolute Gasteiger partial charge is 0.242 e. The fourth-order valence-electron chi connectivity index (χ4n) is 3.26. The van der Waals surface area contributed by atoms with Gasteiger partial charge < -0.3 is 9.64 Å².